The number of benzene rings is 1. The molecular weight excluding hydrogens is 413 g/mol. The summed E-state index contributed by atoms with van der Waals surface area (Å²) in [6.45, 7) is 5.61. The van der Waals surface area contributed by atoms with E-state index in [1.54, 1.807) is 18.3 Å². The lowest BCUT2D eigenvalue weighted by atomic mass is 9.98. The van der Waals surface area contributed by atoms with Gasteiger partial charge in [-0.1, -0.05) is 15.9 Å². The van der Waals surface area contributed by atoms with Gasteiger partial charge in [-0.05, 0) is 64.2 Å². The van der Waals surface area contributed by atoms with Crippen molar-refractivity contribution in [3.63, 3.8) is 0 Å². The summed E-state index contributed by atoms with van der Waals surface area (Å²) in [5.41, 5.74) is 0.532. The van der Waals surface area contributed by atoms with Crippen LogP contribution in [0.1, 0.15) is 51.9 Å². The zero-order valence-corrected chi connectivity index (χ0v) is 17.2. The molecule has 1 aliphatic heterocycles. The van der Waals surface area contributed by atoms with E-state index >= 15 is 0 Å². The Morgan fingerprint density at radius 2 is 2.15 bits per heavy atom. The van der Waals surface area contributed by atoms with Crippen LogP contribution in [0.4, 0.5) is 9.18 Å². The maximum atomic E-state index is 14.3. The molecule has 7 heteroatoms. The lowest BCUT2D eigenvalue weighted by Gasteiger charge is -2.35. The molecule has 27 heavy (non-hydrogen) atoms. The Morgan fingerprint density at radius 3 is 2.85 bits per heavy atom. The molecule has 3 atom stereocenters. The second kappa shape index (κ2) is 6.62. The van der Waals surface area contributed by atoms with Crippen LogP contribution in [0, 0.1) is 11.7 Å². The maximum absolute atomic E-state index is 14.3. The van der Waals surface area contributed by atoms with Gasteiger partial charge >= 0.3 is 6.09 Å². The average molecular weight is 436 g/mol. The molecule has 0 spiro atoms. The van der Waals surface area contributed by atoms with E-state index in [4.69, 9.17) is 4.74 Å². The van der Waals surface area contributed by atoms with E-state index < -0.39 is 5.60 Å². The highest BCUT2D eigenvalue weighted by atomic mass is 79.9. The number of hydrogen-bond donors (Lipinski definition) is 1. The summed E-state index contributed by atoms with van der Waals surface area (Å²) >= 11 is 3.27. The lowest BCUT2D eigenvalue weighted by molar-refractivity contribution is 0.00620. The van der Waals surface area contributed by atoms with Crippen LogP contribution in [-0.2, 0) is 4.74 Å². The molecule has 2 aliphatic rings. The number of piperidine rings is 1. The summed E-state index contributed by atoms with van der Waals surface area (Å²) in [4.78, 5) is 22.4. The van der Waals surface area contributed by atoms with Gasteiger partial charge in [-0.3, -0.25) is 4.90 Å². The minimum absolute atomic E-state index is 0.147. The molecule has 1 N–H and O–H groups in total. The van der Waals surface area contributed by atoms with Crippen molar-refractivity contribution in [3.05, 3.63) is 40.5 Å². The molecule has 144 valence electrons. The highest BCUT2D eigenvalue weighted by Crippen LogP contribution is 2.50. The number of ether oxygens (including phenoxy) is 1. The molecule has 1 saturated heterocycles. The van der Waals surface area contributed by atoms with Crippen LogP contribution in [0.3, 0.4) is 0 Å². The van der Waals surface area contributed by atoms with Gasteiger partial charge in [0, 0.05) is 16.1 Å². The highest BCUT2D eigenvalue weighted by Gasteiger charge is 2.51. The van der Waals surface area contributed by atoms with Crippen molar-refractivity contribution in [2.75, 3.05) is 0 Å². The first-order chi connectivity index (χ1) is 12.7. The Bertz CT molecular complexity index is 876. The Kier molecular flexibility index (Phi) is 4.53. The van der Waals surface area contributed by atoms with Gasteiger partial charge in [0.05, 0.1) is 17.9 Å². The van der Waals surface area contributed by atoms with Gasteiger partial charge in [-0.25, -0.2) is 14.2 Å². The number of rotatable bonds is 2. The fourth-order valence-corrected chi connectivity index (χ4v) is 4.58. The summed E-state index contributed by atoms with van der Waals surface area (Å²) in [6, 6.07) is 4.98. The summed E-state index contributed by atoms with van der Waals surface area (Å²) in [7, 11) is 0. The molecule has 2 aromatic rings. The first kappa shape index (κ1) is 18.5. The average Bonchev–Trinajstić information content (AvgIpc) is 3.28. The molecule has 0 radical (unpaired) electrons. The molecule has 1 saturated carbocycles. The van der Waals surface area contributed by atoms with E-state index in [0.29, 0.717) is 27.5 Å². The Morgan fingerprint density at radius 1 is 1.37 bits per heavy atom. The smallest absolute Gasteiger partial charge is 0.411 e. The molecule has 2 fully saturated rings. The zero-order chi connectivity index (χ0) is 19.3. The van der Waals surface area contributed by atoms with Crippen molar-refractivity contribution in [1.29, 1.82) is 0 Å². The van der Waals surface area contributed by atoms with Crippen LogP contribution in [0.2, 0.25) is 0 Å². The molecule has 4 rings (SSSR count). The third-order valence-corrected chi connectivity index (χ3v) is 5.78. The SMILES string of the molecule is CC(C)(C)OC(=O)N1C2CCC(C2)C1c1ncc(-c2ccc(Br)cc2F)[nH]1. The number of nitrogens with one attached hydrogen (secondary N) is 1. The molecule has 2 bridgehead atoms. The number of nitrogens with zero attached hydrogens (tertiary/aromatic N) is 2. The molecule has 1 aliphatic carbocycles. The van der Waals surface area contributed by atoms with Gasteiger partial charge in [0.25, 0.3) is 0 Å². The second-order valence-corrected chi connectivity index (χ2v) is 9.28. The van der Waals surface area contributed by atoms with Gasteiger partial charge in [0.15, 0.2) is 0 Å². The summed E-state index contributed by atoms with van der Waals surface area (Å²) < 4.78 is 20.6. The molecule has 1 aromatic heterocycles. The van der Waals surface area contributed by atoms with Crippen molar-refractivity contribution in [2.24, 2.45) is 5.92 Å². The van der Waals surface area contributed by atoms with Crippen LogP contribution in [0.15, 0.2) is 28.9 Å². The molecule has 5 nitrogen and oxygen atoms in total. The molecule has 1 aromatic carbocycles. The van der Waals surface area contributed by atoms with Crippen molar-refractivity contribution in [3.8, 4) is 11.3 Å². The minimum Gasteiger partial charge on any atom is -0.444 e. The minimum atomic E-state index is -0.543. The quantitative estimate of drug-likeness (QED) is 0.682. The van der Waals surface area contributed by atoms with Crippen molar-refractivity contribution < 1.29 is 13.9 Å². The molecule has 2 heterocycles. The number of carbonyl (C=O) groups excluding carboxylic acids is 1. The molecular formula is C20H23BrFN3O2. The summed E-state index contributed by atoms with van der Waals surface area (Å²) in [5.74, 6) is 0.734. The van der Waals surface area contributed by atoms with Crippen LogP contribution >= 0.6 is 15.9 Å². The third kappa shape index (κ3) is 3.49. The van der Waals surface area contributed by atoms with Gasteiger partial charge in [-0.2, -0.15) is 0 Å². The second-order valence-electron chi connectivity index (χ2n) is 8.37. The van der Waals surface area contributed by atoms with Crippen molar-refractivity contribution in [2.45, 2.75) is 57.7 Å². The number of H-pyrrole nitrogens is 1. The van der Waals surface area contributed by atoms with Gasteiger partial charge in [-0.15, -0.1) is 0 Å². The number of imidazole rings is 1. The number of likely N-dealkylation sites (tertiary alicyclic amines) is 1. The first-order valence-corrected chi connectivity index (χ1v) is 10.0. The van der Waals surface area contributed by atoms with Crippen molar-refractivity contribution in [1.82, 2.24) is 14.9 Å². The predicted molar refractivity (Wildman–Crippen MR) is 104 cm³/mol. The van der Waals surface area contributed by atoms with Crippen molar-refractivity contribution >= 4 is 22.0 Å². The molecule has 1 amide bonds. The largest absolute Gasteiger partial charge is 0.444 e. The zero-order valence-electron chi connectivity index (χ0n) is 15.6. The predicted octanol–water partition coefficient (Wildman–Crippen LogP) is 5.44. The number of halogens is 2. The topological polar surface area (TPSA) is 58.2 Å². The number of hydrogen-bond acceptors (Lipinski definition) is 3. The Balaban J connectivity index is 1.64. The van der Waals surface area contributed by atoms with E-state index in [2.05, 4.69) is 25.9 Å². The Hall–Kier alpha value is -1.89. The monoisotopic (exact) mass is 435 g/mol. The number of amides is 1. The van der Waals surface area contributed by atoms with Crippen LogP contribution in [-0.4, -0.2) is 32.6 Å². The van der Waals surface area contributed by atoms with Crippen LogP contribution in [0.25, 0.3) is 11.3 Å². The standard InChI is InChI=1S/C20H23BrFN3O2/c1-20(2,3)27-19(26)25-13-6-4-11(8-13)17(25)18-23-10-16(24-18)14-7-5-12(21)9-15(14)22/h5,7,9-11,13,17H,4,6,8H2,1-3H3,(H,23,24). The first-order valence-electron chi connectivity index (χ1n) is 9.24. The number of aromatic amines is 1. The van der Waals surface area contributed by atoms with E-state index in [-0.39, 0.29) is 24.0 Å². The fourth-order valence-electron chi connectivity index (χ4n) is 4.25. The van der Waals surface area contributed by atoms with Gasteiger partial charge in [0.2, 0.25) is 0 Å². The van der Waals surface area contributed by atoms with E-state index in [0.717, 1.165) is 19.3 Å². The van der Waals surface area contributed by atoms with Gasteiger partial charge in [0.1, 0.15) is 17.2 Å². The van der Waals surface area contributed by atoms with E-state index in [1.807, 2.05) is 25.7 Å². The normalized spacial score (nSPS) is 24.5. The number of aromatic nitrogens is 2. The highest BCUT2D eigenvalue weighted by molar-refractivity contribution is 9.10. The van der Waals surface area contributed by atoms with Crippen LogP contribution < -0.4 is 0 Å². The number of fused-ring (bicyclic) bond motifs is 2. The fraction of sp³-hybridized carbons (Fsp3) is 0.500. The van der Waals surface area contributed by atoms with E-state index in [1.165, 1.54) is 6.07 Å². The maximum Gasteiger partial charge on any atom is 0.411 e. The summed E-state index contributed by atoms with van der Waals surface area (Å²) in [5, 5.41) is 0. The molecule has 3 unspecified atom stereocenters. The third-order valence-electron chi connectivity index (χ3n) is 5.29. The van der Waals surface area contributed by atoms with E-state index in [9.17, 15) is 9.18 Å². The van der Waals surface area contributed by atoms with Gasteiger partial charge < -0.3 is 9.72 Å². The lowest BCUT2D eigenvalue weighted by Crippen LogP contribution is -2.43. The number of carbonyl (C=O) groups is 1. The summed E-state index contributed by atoms with van der Waals surface area (Å²) in [6.07, 6.45) is 4.37. The van der Waals surface area contributed by atoms with Crippen LogP contribution in [0.5, 0.6) is 0 Å². The Labute approximate surface area is 166 Å².